The molecule has 0 saturated heterocycles. The van der Waals surface area contributed by atoms with E-state index >= 15 is 0 Å². The van der Waals surface area contributed by atoms with Crippen molar-refractivity contribution in [1.82, 2.24) is 5.32 Å². The highest BCUT2D eigenvalue weighted by molar-refractivity contribution is 6.29. The van der Waals surface area contributed by atoms with Crippen LogP contribution in [-0.4, -0.2) is 37.1 Å². The molecule has 1 rings (SSSR count). The van der Waals surface area contributed by atoms with Crippen molar-refractivity contribution >= 4 is 29.4 Å². The summed E-state index contributed by atoms with van der Waals surface area (Å²) in [6.07, 6.45) is 0. The summed E-state index contributed by atoms with van der Waals surface area (Å²) < 4.78 is 14.3. The van der Waals surface area contributed by atoms with E-state index in [1.165, 1.54) is 12.1 Å². The number of furan rings is 1. The van der Waals surface area contributed by atoms with Crippen LogP contribution in [0.5, 0.6) is 0 Å². The smallest absolute Gasteiger partial charge is 0.340 e. The maximum Gasteiger partial charge on any atom is 0.340 e. The fraction of sp³-hybridized carbons (Fsp3) is 0.417. The Morgan fingerprint density at radius 1 is 1.20 bits per heavy atom. The Labute approximate surface area is 120 Å². The van der Waals surface area contributed by atoms with Crippen molar-refractivity contribution in [2.45, 2.75) is 19.9 Å². The van der Waals surface area contributed by atoms with E-state index in [2.05, 4.69) is 5.32 Å². The molecule has 0 aliphatic carbocycles. The molecule has 7 nitrogen and oxygen atoms in total. The van der Waals surface area contributed by atoms with Gasteiger partial charge in [-0.05, 0) is 37.6 Å². The van der Waals surface area contributed by atoms with Crippen LogP contribution in [-0.2, 0) is 19.1 Å². The molecule has 0 radical (unpaired) electrons. The maximum atomic E-state index is 11.8. The van der Waals surface area contributed by atoms with Crippen molar-refractivity contribution in [2.75, 3.05) is 13.2 Å². The number of hydrogen-bond acceptors (Lipinski definition) is 6. The van der Waals surface area contributed by atoms with Crippen LogP contribution in [0, 0.1) is 0 Å². The van der Waals surface area contributed by atoms with E-state index in [-0.39, 0.29) is 24.2 Å². The Bertz CT molecular complexity index is 480. The summed E-state index contributed by atoms with van der Waals surface area (Å²) >= 11 is 5.54. The van der Waals surface area contributed by atoms with E-state index in [4.69, 9.17) is 25.5 Å². The van der Waals surface area contributed by atoms with Crippen molar-refractivity contribution in [3.05, 3.63) is 23.1 Å². The summed E-state index contributed by atoms with van der Waals surface area (Å²) in [5, 5.41) is 2.19. The lowest BCUT2D eigenvalue weighted by atomic mass is 10.3. The molecular weight excluding hydrogens is 290 g/mol. The SMILES string of the molecule is CCOC(=O)C(NC(=O)c1ccc(Cl)o1)C(=O)OCC. The van der Waals surface area contributed by atoms with Gasteiger partial charge >= 0.3 is 11.9 Å². The largest absolute Gasteiger partial charge is 0.464 e. The van der Waals surface area contributed by atoms with Gasteiger partial charge in [-0.1, -0.05) is 0 Å². The van der Waals surface area contributed by atoms with Gasteiger partial charge < -0.3 is 19.2 Å². The third-order valence-corrected chi connectivity index (χ3v) is 2.32. The average Bonchev–Trinajstić information content (AvgIpc) is 2.83. The van der Waals surface area contributed by atoms with Crippen LogP contribution >= 0.6 is 11.6 Å². The van der Waals surface area contributed by atoms with Crippen LogP contribution in [0.15, 0.2) is 16.5 Å². The van der Waals surface area contributed by atoms with Crippen molar-refractivity contribution in [2.24, 2.45) is 0 Å². The van der Waals surface area contributed by atoms with Crippen molar-refractivity contribution in [1.29, 1.82) is 0 Å². The van der Waals surface area contributed by atoms with Gasteiger partial charge in [0.15, 0.2) is 11.0 Å². The Kier molecular flexibility index (Phi) is 6.05. The van der Waals surface area contributed by atoms with Crippen LogP contribution < -0.4 is 5.32 Å². The minimum absolute atomic E-state index is 0.0129. The zero-order chi connectivity index (χ0) is 15.1. The number of halogens is 1. The third kappa shape index (κ3) is 4.27. The van der Waals surface area contributed by atoms with Crippen molar-refractivity contribution in [3.8, 4) is 0 Å². The molecule has 0 aliphatic rings. The molecule has 0 aromatic carbocycles. The molecule has 1 aromatic rings. The first-order valence-electron chi connectivity index (χ1n) is 5.89. The Morgan fingerprint density at radius 3 is 2.15 bits per heavy atom. The maximum absolute atomic E-state index is 11.8. The zero-order valence-electron chi connectivity index (χ0n) is 11.0. The van der Waals surface area contributed by atoms with Crippen LogP contribution in [0.2, 0.25) is 5.22 Å². The fourth-order valence-electron chi connectivity index (χ4n) is 1.30. The molecule has 0 aliphatic heterocycles. The molecule has 8 heteroatoms. The fourth-order valence-corrected chi connectivity index (χ4v) is 1.45. The molecule has 1 heterocycles. The predicted molar refractivity (Wildman–Crippen MR) is 68.2 cm³/mol. The van der Waals surface area contributed by atoms with Gasteiger partial charge in [0.2, 0.25) is 6.04 Å². The molecule has 1 amide bonds. The number of carbonyl (C=O) groups is 3. The standard InChI is InChI=1S/C12H14ClNO6/c1-3-18-11(16)9(12(17)19-4-2)14-10(15)7-5-6-8(13)20-7/h5-6,9H,3-4H2,1-2H3,(H,14,15). The summed E-state index contributed by atoms with van der Waals surface area (Å²) in [5.41, 5.74) is 0. The van der Waals surface area contributed by atoms with E-state index in [0.717, 1.165) is 0 Å². The number of amides is 1. The van der Waals surface area contributed by atoms with Gasteiger partial charge in [-0.25, -0.2) is 9.59 Å². The Morgan fingerprint density at radius 2 is 1.75 bits per heavy atom. The van der Waals surface area contributed by atoms with E-state index < -0.39 is 23.9 Å². The van der Waals surface area contributed by atoms with Crippen LogP contribution in [0.1, 0.15) is 24.4 Å². The Balaban J connectivity index is 2.80. The first kappa shape index (κ1) is 16.0. The minimum Gasteiger partial charge on any atom is -0.464 e. The summed E-state index contributed by atoms with van der Waals surface area (Å²) in [6.45, 7) is 3.29. The summed E-state index contributed by atoms with van der Waals surface area (Å²) in [4.78, 5) is 35.1. The van der Waals surface area contributed by atoms with Gasteiger partial charge in [0, 0.05) is 0 Å². The number of hydrogen-bond donors (Lipinski definition) is 1. The second-order valence-electron chi connectivity index (χ2n) is 3.51. The molecule has 0 unspecified atom stereocenters. The van der Waals surface area contributed by atoms with E-state index in [9.17, 15) is 14.4 Å². The number of rotatable bonds is 6. The van der Waals surface area contributed by atoms with E-state index in [0.29, 0.717) is 0 Å². The highest BCUT2D eigenvalue weighted by Crippen LogP contribution is 2.13. The monoisotopic (exact) mass is 303 g/mol. The first-order chi connectivity index (χ1) is 9.49. The Hall–Kier alpha value is -2.02. The van der Waals surface area contributed by atoms with Crippen LogP contribution in [0.25, 0.3) is 0 Å². The lowest BCUT2D eigenvalue weighted by molar-refractivity contribution is -0.157. The number of nitrogens with one attached hydrogen (secondary N) is 1. The van der Waals surface area contributed by atoms with Gasteiger partial charge in [-0.3, -0.25) is 4.79 Å². The summed E-state index contributed by atoms with van der Waals surface area (Å²) in [6, 6.07) is 1.12. The first-order valence-corrected chi connectivity index (χ1v) is 6.26. The van der Waals surface area contributed by atoms with Gasteiger partial charge in [-0.2, -0.15) is 0 Å². The molecule has 0 saturated carbocycles. The van der Waals surface area contributed by atoms with Crippen molar-refractivity contribution in [3.63, 3.8) is 0 Å². The summed E-state index contributed by atoms with van der Waals surface area (Å²) in [7, 11) is 0. The lowest BCUT2D eigenvalue weighted by Gasteiger charge is -2.14. The number of esters is 2. The van der Waals surface area contributed by atoms with Gasteiger partial charge in [0.1, 0.15) is 0 Å². The second-order valence-corrected chi connectivity index (χ2v) is 3.89. The van der Waals surface area contributed by atoms with Gasteiger partial charge in [-0.15, -0.1) is 0 Å². The van der Waals surface area contributed by atoms with Crippen molar-refractivity contribution < 1.29 is 28.3 Å². The third-order valence-electron chi connectivity index (χ3n) is 2.12. The molecule has 0 fully saturated rings. The molecule has 0 spiro atoms. The summed E-state index contributed by atoms with van der Waals surface area (Å²) in [5.74, 6) is -2.72. The molecule has 20 heavy (non-hydrogen) atoms. The van der Waals surface area contributed by atoms with Crippen LogP contribution in [0.4, 0.5) is 0 Å². The molecular formula is C12H14ClNO6. The topological polar surface area (TPSA) is 94.8 Å². The highest BCUT2D eigenvalue weighted by atomic mass is 35.5. The lowest BCUT2D eigenvalue weighted by Crippen LogP contribution is -2.48. The van der Waals surface area contributed by atoms with Gasteiger partial charge in [0.05, 0.1) is 13.2 Å². The van der Waals surface area contributed by atoms with Gasteiger partial charge in [0.25, 0.3) is 5.91 Å². The predicted octanol–water partition coefficient (Wildman–Crippen LogP) is 1.16. The molecule has 1 N–H and O–H groups in total. The molecule has 0 atom stereocenters. The average molecular weight is 304 g/mol. The number of ether oxygens (including phenoxy) is 2. The van der Waals surface area contributed by atoms with Crippen LogP contribution in [0.3, 0.4) is 0 Å². The van der Waals surface area contributed by atoms with E-state index in [1.807, 2.05) is 0 Å². The second kappa shape index (κ2) is 7.54. The number of carbonyl (C=O) groups excluding carboxylic acids is 3. The normalized spacial score (nSPS) is 10.2. The minimum atomic E-state index is -1.55. The quantitative estimate of drug-likeness (QED) is 0.626. The zero-order valence-corrected chi connectivity index (χ0v) is 11.7. The molecule has 0 bridgehead atoms. The molecule has 1 aromatic heterocycles. The molecule has 110 valence electrons. The van der Waals surface area contributed by atoms with E-state index in [1.54, 1.807) is 13.8 Å². The highest BCUT2D eigenvalue weighted by Gasteiger charge is 2.32.